The molecule has 1 amide bonds. The summed E-state index contributed by atoms with van der Waals surface area (Å²) in [6.07, 6.45) is -1.68. The second kappa shape index (κ2) is 7.15. The molecule has 0 atom stereocenters. The van der Waals surface area contributed by atoms with Crippen LogP contribution in [0.1, 0.15) is 25.3 Å². The van der Waals surface area contributed by atoms with Crippen molar-refractivity contribution in [1.29, 1.82) is 0 Å². The van der Waals surface area contributed by atoms with Crippen LogP contribution >= 0.6 is 0 Å². The molecule has 2 aromatic carbocycles. The van der Waals surface area contributed by atoms with Crippen LogP contribution in [0.4, 0.5) is 18.9 Å². The molecule has 5 nitrogen and oxygen atoms in total. The second-order valence-electron chi connectivity index (χ2n) is 5.91. The molecule has 3 rings (SSSR count). The summed E-state index contributed by atoms with van der Waals surface area (Å²) in [7, 11) is 0. The number of unbranched alkanes of at least 4 members (excludes halogenated alkanes) is 1. The van der Waals surface area contributed by atoms with Gasteiger partial charge in [0.1, 0.15) is 11.0 Å². The molecule has 136 valence electrons. The topological polar surface area (TPSA) is 59.8 Å². The van der Waals surface area contributed by atoms with Gasteiger partial charge in [0.15, 0.2) is 0 Å². The summed E-state index contributed by atoms with van der Waals surface area (Å²) in [5.74, 6) is -2.02. The molecule has 1 aromatic heterocycles. The Labute approximate surface area is 147 Å². The van der Waals surface area contributed by atoms with Crippen molar-refractivity contribution in [1.82, 2.24) is 15.0 Å². The zero-order valence-corrected chi connectivity index (χ0v) is 14.0. The Morgan fingerprint density at radius 1 is 1.08 bits per heavy atom. The number of amides is 1. The zero-order chi connectivity index (χ0) is 18.7. The molecule has 0 fully saturated rings. The van der Waals surface area contributed by atoms with E-state index in [1.807, 2.05) is 29.6 Å². The van der Waals surface area contributed by atoms with Gasteiger partial charge in [-0.15, -0.1) is 10.2 Å². The molecule has 0 aliphatic rings. The fourth-order valence-corrected chi connectivity index (χ4v) is 2.49. The molecule has 1 N–H and O–H groups in total. The van der Waals surface area contributed by atoms with Crippen LogP contribution in [0.3, 0.4) is 0 Å². The summed E-state index contributed by atoms with van der Waals surface area (Å²) in [5, 5.41) is 10.4. The Morgan fingerprint density at radius 3 is 2.42 bits per heavy atom. The van der Waals surface area contributed by atoms with Gasteiger partial charge in [-0.2, -0.15) is 18.0 Å². The largest absolute Gasteiger partial charge is 0.471 e. The van der Waals surface area contributed by atoms with Crippen LogP contribution in [0.25, 0.3) is 16.7 Å². The number of anilines is 1. The number of aromatic nitrogens is 3. The van der Waals surface area contributed by atoms with Crippen LogP contribution in [-0.2, 0) is 11.2 Å². The molecule has 8 heteroatoms. The van der Waals surface area contributed by atoms with Gasteiger partial charge >= 0.3 is 12.1 Å². The third kappa shape index (κ3) is 4.01. The Balaban J connectivity index is 1.82. The van der Waals surface area contributed by atoms with E-state index < -0.39 is 12.1 Å². The number of aryl methyl sites for hydroxylation is 1. The summed E-state index contributed by atoms with van der Waals surface area (Å²) >= 11 is 0. The minimum absolute atomic E-state index is 0.0155. The Bertz CT molecular complexity index is 916. The van der Waals surface area contributed by atoms with E-state index >= 15 is 0 Å². The maximum atomic E-state index is 12.3. The Morgan fingerprint density at radius 2 is 1.77 bits per heavy atom. The second-order valence-corrected chi connectivity index (χ2v) is 5.91. The van der Waals surface area contributed by atoms with Gasteiger partial charge in [-0.3, -0.25) is 4.79 Å². The lowest BCUT2D eigenvalue weighted by atomic mass is 10.1. The van der Waals surface area contributed by atoms with E-state index in [1.54, 1.807) is 0 Å². The summed E-state index contributed by atoms with van der Waals surface area (Å²) in [6, 6.07) is 12.0. The van der Waals surface area contributed by atoms with Crippen molar-refractivity contribution in [2.75, 3.05) is 5.32 Å². The van der Waals surface area contributed by atoms with E-state index in [2.05, 4.69) is 17.1 Å². The summed E-state index contributed by atoms with van der Waals surface area (Å²) < 4.78 is 37.0. The molecule has 1 heterocycles. The number of nitrogens with zero attached hydrogens (tertiary/aromatic N) is 3. The zero-order valence-electron chi connectivity index (χ0n) is 14.0. The average molecular weight is 362 g/mol. The average Bonchev–Trinajstić information content (AvgIpc) is 3.03. The number of hydrogen-bond donors (Lipinski definition) is 1. The maximum absolute atomic E-state index is 12.3. The number of fused-ring (bicyclic) bond motifs is 1. The monoisotopic (exact) mass is 362 g/mol. The highest BCUT2D eigenvalue weighted by atomic mass is 19.4. The molecule has 0 aliphatic heterocycles. The lowest BCUT2D eigenvalue weighted by Gasteiger charge is -2.07. The lowest BCUT2D eigenvalue weighted by molar-refractivity contribution is -0.167. The first kappa shape index (κ1) is 17.9. The standard InChI is InChI=1S/C18H17F3N4O/c1-2-3-4-12-5-8-14(9-6-12)25-23-15-10-7-13(11-16(15)24-25)22-17(26)18(19,20)21/h5-11H,2-4H2,1H3,(H,22,26). The van der Waals surface area contributed by atoms with Gasteiger partial charge in [0.05, 0.1) is 5.69 Å². The first-order valence-corrected chi connectivity index (χ1v) is 8.21. The quantitative estimate of drug-likeness (QED) is 0.738. The van der Waals surface area contributed by atoms with Crippen LogP contribution < -0.4 is 5.32 Å². The molecule has 26 heavy (non-hydrogen) atoms. The molecule has 0 aliphatic carbocycles. The number of benzene rings is 2. The molecule has 0 spiro atoms. The minimum atomic E-state index is -4.94. The van der Waals surface area contributed by atoms with Crippen molar-refractivity contribution in [3.8, 4) is 5.69 Å². The van der Waals surface area contributed by atoms with Gasteiger partial charge in [-0.25, -0.2) is 0 Å². The Hall–Kier alpha value is -2.90. The van der Waals surface area contributed by atoms with Gasteiger partial charge < -0.3 is 5.32 Å². The molecular weight excluding hydrogens is 345 g/mol. The van der Waals surface area contributed by atoms with E-state index in [1.165, 1.54) is 28.6 Å². The molecule has 0 unspecified atom stereocenters. The van der Waals surface area contributed by atoms with E-state index in [4.69, 9.17) is 0 Å². The number of alkyl halides is 3. The number of carbonyl (C=O) groups is 1. The fourth-order valence-electron chi connectivity index (χ4n) is 2.49. The molecule has 0 bridgehead atoms. The normalized spacial score (nSPS) is 11.7. The van der Waals surface area contributed by atoms with Crippen molar-refractivity contribution in [2.45, 2.75) is 32.4 Å². The predicted octanol–water partition coefficient (Wildman–Crippen LogP) is 4.26. The van der Waals surface area contributed by atoms with Crippen molar-refractivity contribution in [3.63, 3.8) is 0 Å². The number of halogens is 3. The molecule has 0 saturated heterocycles. The van der Waals surface area contributed by atoms with Crippen LogP contribution in [0, 0.1) is 0 Å². The minimum Gasteiger partial charge on any atom is -0.318 e. The third-order valence-corrected chi connectivity index (χ3v) is 3.88. The summed E-state index contributed by atoms with van der Waals surface area (Å²) in [4.78, 5) is 12.4. The SMILES string of the molecule is CCCCc1ccc(-n2nc3ccc(NC(=O)C(F)(F)F)cc3n2)cc1. The fraction of sp³-hybridized carbons (Fsp3) is 0.278. The molecule has 0 radical (unpaired) electrons. The maximum Gasteiger partial charge on any atom is 0.471 e. The Kier molecular flexibility index (Phi) is 4.92. The van der Waals surface area contributed by atoms with Crippen LogP contribution in [0.5, 0.6) is 0 Å². The van der Waals surface area contributed by atoms with Crippen LogP contribution in [0.15, 0.2) is 42.5 Å². The van der Waals surface area contributed by atoms with Gasteiger partial charge in [-0.05, 0) is 48.7 Å². The van der Waals surface area contributed by atoms with E-state index in [0.717, 1.165) is 24.9 Å². The third-order valence-electron chi connectivity index (χ3n) is 3.88. The van der Waals surface area contributed by atoms with Crippen molar-refractivity contribution in [2.24, 2.45) is 0 Å². The smallest absolute Gasteiger partial charge is 0.318 e. The van der Waals surface area contributed by atoms with Crippen LogP contribution in [0.2, 0.25) is 0 Å². The summed E-state index contributed by atoms with van der Waals surface area (Å²) in [6.45, 7) is 2.14. The van der Waals surface area contributed by atoms with Gasteiger partial charge in [0.25, 0.3) is 0 Å². The predicted molar refractivity (Wildman–Crippen MR) is 92.2 cm³/mol. The number of nitrogens with one attached hydrogen (secondary N) is 1. The van der Waals surface area contributed by atoms with E-state index in [0.29, 0.717) is 11.0 Å². The number of carbonyl (C=O) groups excluding carboxylic acids is 1. The molecule has 0 saturated carbocycles. The van der Waals surface area contributed by atoms with Crippen molar-refractivity contribution < 1.29 is 18.0 Å². The number of hydrogen-bond acceptors (Lipinski definition) is 3. The van der Waals surface area contributed by atoms with E-state index in [-0.39, 0.29) is 5.69 Å². The highest BCUT2D eigenvalue weighted by Gasteiger charge is 2.38. The number of rotatable bonds is 5. The first-order chi connectivity index (χ1) is 12.4. The van der Waals surface area contributed by atoms with Crippen molar-refractivity contribution >= 4 is 22.6 Å². The molecule has 3 aromatic rings. The van der Waals surface area contributed by atoms with Crippen LogP contribution in [-0.4, -0.2) is 27.1 Å². The highest BCUT2D eigenvalue weighted by molar-refractivity contribution is 5.96. The van der Waals surface area contributed by atoms with E-state index in [9.17, 15) is 18.0 Å². The van der Waals surface area contributed by atoms with Crippen molar-refractivity contribution in [3.05, 3.63) is 48.0 Å². The van der Waals surface area contributed by atoms with Gasteiger partial charge in [0, 0.05) is 5.69 Å². The van der Waals surface area contributed by atoms with Gasteiger partial charge in [0.2, 0.25) is 0 Å². The lowest BCUT2D eigenvalue weighted by Crippen LogP contribution is -2.29. The summed E-state index contributed by atoms with van der Waals surface area (Å²) in [5.41, 5.74) is 2.90. The molecular formula is C18H17F3N4O. The highest BCUT2D eigenvalue weighted by Crippen LogP contribution is 2.21. The first-order valence-electron chi connectivity index (χ1n) is 8.21. The van der Waals surface area contributed by atoms with Gasteiger partial charge in [-0.1, -0.05) is 25.5 Å².